The van der Waals surface area contributed by atoms with Crippen LogP contribution >= 0.6 is 0 Å². The van der Waals surface area contributed by atoms with Crippen LogP contribution in [0.5, 0.6) is 0 Å². The molecule has 3 amide bonds. The van der Waals surface area contributed by atoms with E-state index in [4.69, 9.17) is 0 Å². The fourth-order valence-electron chi connectivity index (χ4n) is 4.63. The number of imide groups is 1. The Morgan fingerprint density at radius 1 is 1.10 bits per heavy atom. The van der Waals surface area contributed by atoms with Crippen LogP contribution in [-0.4, -0.2) is 49.6 Å². The Bertz CT molecular complexity index is 1070. The van der Waals surface area contributed by atoms with E-state index in [2.05, 4.69) is 15.6 Å². The Morgan fingerprint density at radius 2 is 1.87 bits per heavy atom. The van der Waals surface area contributed by atoms with Gasteiger partial charge in [-0.15, -0.1) is 5.10 Å². The number of nitrogens with one attached hydrogen (secondary N) is 1. The lowest BCUT2D eigenvalue weighted by molar-refractivity contribution is -0.136. The molecule has 8 nitrogen and oxygen atoms in total. The van der Waals surface area contributed by atoms with Crippen molar-refractivity contribution in [3.63, 3.8) is 0 Å². The number of aromatic nitrogens is 3. The zero-order valence-corrected chi connectivity index (χ0v) is 16.7. The van der Waals surface area contributed by atoms with Gasteiger partial charge in [0.1, 0.15) is 6.04 Å². The molecule has 162 valence electrons. The van der Waals surface area contributed by atoms with E-state index in [1.807, 2.05) is 6.07 Å². The Morgan fingerprint density at radius 3 is 2.61 bits per heavy atom. The van der Waals surface area contributed by atoms with Gasteiger partial charge in [0.15, 0.2) is 0 Å². The summed E-state index contributed by atoms with van der Waals surface area (Å²) in [7, 11) is 0. The lowest BCUT2D eigenvalue weighted by Gasteiger charge is -2.29. The van der Waals surface area contributed by atoms with Crippen LogP contribution in [0.4, 0.5) is 8.78 Å². The fourth-order valence-corrected chi connectivity index (χ4v) is 4.63. The van der Waals surface area contributed by atoms with Crippen LogP contribution < -0.4 is 5.32 Å². The Kier molecular flexibility index (Phi) is 4.60. The van der Waals surface area contributed by atoms with Gasteiger partial charge in [-0.05, 0) is 43.0 Å². The number of rotatable bonds is 3. The molecule has 1 atom stereocenters. The normalized spacial score (nSPS) is 23.7. The lowest BCUT2D eigenvalue weighted by Crippen LogP contribution is -2.52. The smallest absolute Gasteiger partial charge is 0.255 e. The molecule has 1 aromatic heterocycles. The van der Waals surface area contributed by atoms with E-state index in [0.717, 1.165) is 5.56 Å². The Labute approximate surface area is 176 Å². The minimum atomic E-state index is -2.59. The van der Waals surface area contributed by atoms with Gasteiger partial charge in [0.2, 0.25) is 17.7 Å². The maximum absolute atomic E-state index is 13.4. The van der Waals surface area contributed by atoms with E-state index in [-0.39, 0.29) is 43.5 Å². The minimum absolute atomic E-state index is 0.0348. The van der Waals surface area contributed by atoms with Crippen molar-refractivity contribution in [1.29, 1.82) is 0 Å². The van der Waals surface area contributed by atoms with Crippen molar-refractivity contribution in [3.05, 3.63) is 41.2 Å². The molecule has 1 N–H and O–H groups in total. The average Bonchev–Trinajstić information content (AvgIpc) is 3.33. The predicted octanol–water partition coefficient (Wildman–Crippen LogP) is 2.32. The molecule has 1 saturated heterocycles. The summed E-state index contributed by atoms with van der Waals surface area (Å²) in [6.45, 7) is 0.271. The van der Waals surface area contributed by atoms with E-state index < -0.39 is 17.9 Å². The van der Waals surface area contributed by atoms with Crippen LogP contribution in [0.15, 0.2) is 24.4 Å². The third kappa shape index (κ3) is 3.60. The summed E-state index contributed by atoms with van der Waals surface area (Å²) in [6.07, 6.45) is 2.76. The first-order chi connectivity index (χ1) is 14.8. The highest BCUT2D eigenvalue weighted by molar-refractivity contribution is 6.05. The number of hydrogen-bond donors (Lipinski definition) is 1. The molecule has 0 spiro atoms. The van der Waals surface area contributed by atoms with Crippen molar-refractivity contribution in [2.75, 3.05) is 0 Å². The molecule has 0 radical (unpaired) electrons. The second kappa shape index (κ2) is 7.21. The highest BCUT2D eigenvalue weighted by Gasteiger charge is 2.39. The molecule has 2 aliphatic heterocycles. The average molecular weight is 429 g/mol. The quantitative estimate of drug-likeness (QED) is 0.756. The minimum Gasteiger partial charge on any atom is -0.322 e. The van der Waals surface area contributed by atoms with Crippen LogP contribution in [0.3, 0.4) is 0 Å². The molecule has 1 saturated carbocycles. The van der Waals surface area contributed by atoms with Crippen molar-refractivity contribution in [3.8, 4) is 5.69 Å². The monoisotopic (exact) mass is 429 g/mol. The fraction of sp³-hybridized carbons (Fsp3) is 0.476. The number of fused-ring (bicyclic) bond motifs is 1. The number of halogens is 2. The van der Waals surface area contributed by atoms with E-state index in [9.17, 15) is 23.2 Å². The van der Waals surface area contributed by atoms with Crippen molar-refractivity contribution in [2.45, 2.75) is 63.0 Å². The van der Waals surface area contributed by atoms with Gasteiger partial charge < -0.3 is 4.90 Å². The van der Waals surface area contributed by atoms with Crippen molar-refractivity contribution < 1.29 is 23.2 Å². The van der Waals surface area contributed by atoms with Crippen LogP contribution in [0.1, 0.15) is 66.1 Å². The molecular formula is C21H21F2N5O3. The maximum atomic E-state index is 13.4. The Balaban J connectivity index is 1.34. The highest BCUT2D eigenvalue weighted by atomic mass is 19.3. The number of piperidine rings is 1. The van der Waals surface area contributed by atoms with Gasteiger partial charge in [-0.3, -0.25) is 19.7 Å². The molecule has 2 aromatic rings. The van der Waals surface area contributed by atoms with Gasteiger partial charge in [0, 0.05) is 37.3 Å². The molecule has 1 aromatic carbocycles. The largest absolute Gasteiger partial charge is 0.322 e. The number of benzene rings is 1. The number of nitrogens with zero attached hydrogens (tertiary/aromatic N) is 4. The van der Waals surface area contributed by atoms with Gasteiger partial charge in [0.05, 0.1) is 17.6 Å². The highest BCUT2D eigenvalue weighted by Crippen LogP contribution is 2.40. The van der Waals surface area contributed by atoms with Gasteiger partial charge in [-0.25, -0.2) is 13.5 Å². The summed E-state index contributed by atoms with van der Waals surface area (Å²) in [5, 5.41) is 10.6. The molecule has 0 bridgehead atoms. The topological polar surface area (TPSA) is 97.2 Å². The molecule has 5 rings (SSSR count). The number of hydrogen-bond acceptors (Lipinski definition) is 5. The Hall–Kier alpha value is -3.17. The summed E-state index contributed by atoms with van der Waals surface area (Å²) in [5.74, 6) is -3.63. The number of amides is 3. The number of carbonyl (C=O) groups is 3. The zero-order chi connectivity index (χ0) is 21.8. The van der Waals surface area contributed by atoms with E-state index >= 15 is 0 Å². The van der Waals surface area contributed by atoms with Crippen molar-refractivity contribution >= 4 is 17.7 Å². The van der Waals surface area contributed by atoms with Gasteiger partial charge in [-0.2, -0.15) is 0 Å². The molecule has 2 fully saturated rings. The standard InChI is InChI=1S/C21H21F2N5O3/c22-21(23)7-5-12(6-8-21)16-11-28(26-25-16)14-1-2-15-13(9-14)10-27(20(15)31)17-3-4-18(29)24-19(17)30/h1-2,9,11-12,17H,3-8,10H2,(H,24,29,30). The van der Waals surface area contributed by atoms with E-state index in [1.54, 1.807) is 23.0 Å². The third-order valence-corrected chi connectivity index (χ3v) is 6.42. The second-order valence-electron chi connectivity index (χ2n) is 8.46. The maximum Gasteiger partial charge on any atom is 0.255 e. The molecule has 1 unspecified atom stereocenters. The summed E-state index contributed by atoms with van der Waals surface area (Å²) in [6, 6.07) is 4.61. The van der Waals surface area contributed by atoms with Gasteiger partial charge in [0.25, 0.3) is 5.91 Å². The molecule has 3 aliphatic rings. The van der Waals surface area contributed by atoms with Gasteiger partial charge in [-0.1, -0.05) is 5.21 Å². The second-order valence-corrected chi connectivity index (χ2v) is 8.46. The first kappa shape index (κ1) is 19.8. The molecule has 31 heavy (non-hydrogen) atoms. The van der Waals surface area contributed by atoms with Crippen LogP contribution in [0.25, 0.3) is 5.69 Å². The van der Waals surface area contributed by atoms with Gasteiger partial charge >= 0.3 is 0 Å². The number of carbonyl (C=O) groups excluding carboxylic acids is 3. The summed E-state index contributed by atoms with van der Waals surface area (Å²) in [5.41, 5.74) is 2.68. The van der Waals surface area contributed by atoms with E-state index in [1.165, 1.54) is 4.90 Å². The molecule has 10 heteroatoms. The summed E-state index contributed by atoms with van der Waals surface area (Å²) in [4.78, 5) is 37.9. The molecule has 1 aliphatic carbocycles. The van der Waals surface area contributed by atoms with Crippen LogP contribution in [-0.2, 0) is 16.1 Å². The summed E-state index contributed by atoms with van der Waals surface area (Å²) >= 11 is 0. The number of alkyl halides is 2. The van der Waals surface area contributed by atoms with Crippen molar-refractivity contribution in [2.24, 2.45) is 0 Å². The molecule has 3 heterocycles. The zero-order valence-electron chi connectivity index (χ0n) is 16.7. The lowest BCUT2D eigenvalue weighted by atomic mass is 9.85. The van der Waals surface area contributed by atoms with Crippen molar-refractivity contribution in [1.82, 2.24) is 25.2 Å². The predicted molar refractivity (Wildman–Crippen MR) is 104 cm³/mol. The first-order valence-corrected chi connectivity index (χ1v) is 10.4. The molecular weight excluding hydrogens is 408 g/mol. The van der Waals surface area contributed by atoms with Crippen LogP contribution in [0.2, 0.25) is 0 Å². The SMILES string of the molecule is O=C1CCC(N2Cc3cc(-n4cc(C5CCC(F)(F)CC5)nn4)ccc3C2=O)C(=O)N1. The third-order valence-electron chi connectivity index (χ3n) is 6.42. The van der Waals surface area contributed by atoms with E-state index in [0.29, 0.717) is 36.2 Å². The summed E-state index contributed by atoms with van der Waals surface area (Å²) < 4.78 is 28.4. The first-order valence-electron chi connectivity index (χ1n) is 10.4. The van der Waals surface area contributed by atoms with Crippen LogP contribution in [0, 0.1) is 0 Å².